The van der Waals surface area contributed by atoms with E-state index in [0.29, 0.717) is 23.8 Å². The molecular weight excluding hydrogens is 419 g/mol. The lowest BCUT2D eigenvalue weighted by atomic mass is 10.1. The predicted molar refractivity (Wildman–Crippen MR) is 110 cm³/mol. The molecule has 2 fully saturated rings. The maximum absolute atomic E-state index is 12.8. The number of amides is 1. The number of hydrogen-bond acceptors (Lipinski definition) is 3. The Morgan fingerprint density at radius 1 is 1.04 bits per heavy atom. The molecule has 1 aliphatic heterocycles. The molecule has 2 unspecified atom stereocenters. The van der Waals surface area contributed by atoms with Crippen LogP contribution in [0.15, 0.2) is 47.4 Å². The summed E-state index contributed by atoms with van der Waals surface area (Å²) >= 11 is 12.4. The van der Waals surface area contributed by atoms with Crippen LogP contribution in [0, 0.1) is 5.92 Å². The highest BCUT2D eigenvalue weighted by molar-refractivity contribution is 7.89. The van der Waals surface area contributed by atoms with Crippen LogP contribution in [0.5, 0.6) is 0 Å². The summed E-state index contributed by atoms with van der Waals surface area (Å²) in [5.74, 6) is -0.222. The topological polar surface area (TPSA) is 66.5 Å². The van der Waals surface area contributed by atoms with Crippen LogP contribution in [0.25, 0.3) is 0 Å². The van der Waals surface area contributed by atoms with Crippen molar-refractivity contribution in [2.75, 3.05) is 18.4 Å². The molecule has 1 saturated carbocycles. The number of hydrogen-bond donors (Lipinski definition) is 1. The monoisotopic (exact) mass is 438 g/mol. The molecule has 5 nitrogen and oxygen atoms in total. The standard InChI is InChI=1S/C20H20Cl2N2O3S/c21-17-6-2-1-5-14(17)15-12-16(15)20(25)23-13-7-8-18(22)19(11-13)28(26,27)24-9-3-4-10-24/h1-2,5-8,11,15-16H,3-4,9-10,12H2,(H,23,25). The van der Waals surface area contributed by atoms with E-state index in [9.17, 15) is 13.2 Å². The van der Waals surface area contributed by atoms with Gasteiger partial charge >= 0.3 is 0 Å². The Kier molecular flexibility index (Phi) is 5.40. The fraction of sp³-hybridized carbons (Fsp3) is 0.350. The van der Waals surface area contributed by atoms with Crippen molar-refractivity contribution in [1.82, 2.24) is 4.31 Å². The molecule has 1 heterocycles. The fourth-order valence-corrected chi connectivity index (χ4v) is 5.98. The molecule has 4 rings (SSSR count). The van der Waals surface area contributed by atoms with Crippen LogP contribution in [-0.4, -0.2) is 31.7 Å². The highest BCUT2D eigenvalue weighted by Crippen LogP contribution is 2.50. The summed E-state index contributed by atoms with van der Waals surface area (Å²) in [6, 6.07) is 12.1. The Hall–Kier alpha value is -1.60. The van der Waals surface area contributed by atoms with E-state index in [4.69, 9.17) is 23.2 Å². The summed E-state index contributed by atoms with van der Waals surface area (Å²) in [4.78, 5) is 12.7. The Labute approximate surface area is 174 Å². The lowest BCUT2D eigenvalue weighted by molar-refractivity contribution is -0.117. The van der Waals surface area contributed by atoms with Crippen molar-refractivity contribution in [1.29, 1.82) is 0 Å². The van der Waals surface area contributed by atoms with Crippen molar-refractivity contribution in [2.24, 2.45) is 5.92 Å². The minimum absolute atomic E-state index is 0.0346. The van der Waals surface area contributed by atoms with Gasteiger partial charge in [-0.1, -0.05) is 41.4 Å². The highest BCUT2D eigenvalue weighted by atomic mass is 35.5. The fourth-order valence-electron chi connectivity index (χ4n) is 3.69. The molecule has 2 aliphatic rings. The molecule has 28 heavy (non-hydrogen) atoms. The van der Waals surface area contributed by atoms with E-state index in [1.165, 1.54) is 16.4 Å². The minimum Gasteiger partial charge on any atom is -0.326 e. The predicted octanol–water partition coefficient (Wildman–Crippen LogP) is 4.52. The van der Waals surface area contributed by atoms with Gasteiger partial charge in [-0.25, -0.2) is 8.42 Å². The second-order valence-electron chi connectivity index (χ2n) is 7.22. The van der Waals surface area contributed by atoms with Gasteiger partial charge in [-0.3, -0.25) is 4.79 Å². The molecule has 0 spiro atoms. The third-order valence-corrected chi connectivity index (χ3v) is 8.04. The van der Waals surface area contributed by atoms with E-state index in [1.807, 2.05) is 24.3 Å². The number of halogens is 2. The van der Waals surface area contributed by atoms with Crippen LogP contribution in [0.3, 0.4) is 0 Å². The first-order chi connectivity index (χ1) is 13.4. The van der Waals surface area contributed by atoms with Crippen LogP contribution in [-0.2, 0) is 14.8 Å². The smallest absolute Gasteiger partial charge is 0.244 e. The Morgan fingerprint density at radius 2 is 1.75 bits per heavy atom. The van der Waals surface area contributed by atoms with E-state index >= 15 is 0 Å². The normalized spacial score (nSPS) is 22.2. The van der Waals surface area contributed by atoms with Gasteiger partial charge in [0.1, 0.15) is 4.90 Å². The molecule has 8 heteroatoms. The summed E-state index contributed by atoms with van der Waals surface area (Å²) in [7, 11) is -3.66. The molecule has 1 saturated heterocycles. The van der Waals surface area contributed by atoms with Gasteiger partial charge in [0.2, 0.25) is 15.9 Å². The first kappa shape index (κ1) is 19.7. The van der Waals surface area contributed by atoms with Gasteiger partial charge < -0.3 is 5.32 Å². The zero-order valence-corrected chi connectivity index (χ0v) is 17.4. The number of sulfonamides is 1. The van der Waals surface area contributed by atoms with E-state index < -0.39 is 10.0 Å². The minimum atomic E-state index is -3.66. The largest absolute Gasteiger partial charge is 0.326 e. The number of carbonyl (C=O) groups excluding carboxylic acids is 1. The lowest BCUT2D eigenvalue weighted by Crippen LogP contribution is -2.28. The van der Waals surface area contributed by atoms with Gasteiger partial charge in [0.15, 0.2) is 0 Å². The van der Waals surface area contributed by atoms with Gasteiger partial charge in [-0.05, 0) is 55.0 Å². The van der Waals surface area contributed by atoms with Crippen molar-refractivity contribution in [3.8, 4) is 0 Å². The van der Waals surface area contributed by atoms with E-state index in [1.54, 1.807) is 6.07 Å². The Morgan fingerprint density at radius 3 is 2.46 bits per heavy atom. The quantitative estimate of drug-likeness (QED) is 0.745. The van der Waals surface area contributed by atoms with Crippen molar-refractivity contribution in [2.45, 2.75) is 30.1 Å². The second kappa shape index (κ2) is 7.67. The van der Waals surface area contributed by atoms with Gasteiger partial charge in [-0.15, -0.1) is 0 Å². The molecule has 2 aromatic rings. The summed E-state index contributed by atoms with van der Waals surface area (Å²) < 4.78 is 27.1. The van der Waals surface area contributed by atoms with Crippen LogP contribution in [0.4, 0.5) is 5.69 Å². The number of carbonyl (C=O) groups is 1. The molecular formula is C20H20Cl2N2O3S. The van der Waals surface area contributed by atoms with Gasteiger partial charge in [0.25, 0.3) is 0 Å². The molecule has 0 bridgehead atoms. The molecule has 1 N–H and O–H groups in total. The van der Waals surface area contributed by atoms with Crippen LogP contribution in [0.2, 0.25) is 10.0 Å². The van der Waals surface area contributed by atoms with Gasteiger partial charge in [-0.2, -0.15) is 4.31 Å². The Bertz CT molecular complexity index is 1020. The highest BCUT2D eigenvalue weighted by Gasteiger charge is 2.44. The molecule has 1 amide bonds. The SMILES string of the molecule is O=C(Nc1ccc(Cl)c(S(=O)(=O)N2CCCC2)c1)C1CC1c1ccccc1Cl. The molecule has 2 atom stereocenters. The molecule has 2 aromatic carbocycles. The first-order valence-corrected chi connectivity index (χ1v) is 11.4. The van der Waals surface area contributed by atoms with Crippen molar-refractivity contribution in [3.63, 3.8) is 0 Å². The molecule has 0 aromatic heterocycles. The zero-order chi connectivity index (χ0) is 19.9. The second-order valence-corrected chi connectivity index (χ2v) is 9.94. The maximum Gasteiger partial charge on any atom is 0.244 e. The van der Waals surface area contributed by atoms with Crippen molar-refractivity contribution < 1.29 is 13.2 Å². The third kappa shape index (κ3) is 3.79. The third-order valence-electron chi connectivity index (χ3n) is 5.31. The van der Waals surface area contributed by atoms with Crippen LogP contribution < -0.4 is 5.32 Å². The summed E-state index contributed by atoms with van der Waals surface area (Å²) in [6.07, 6.45) is 2.42. The van der Waals surface area contributed by atoms with E-state index in [-0.39, 0.29) is 27.7 Å². The average Bonchev–Trinajstić information content (AvgIpc) is 3.25. The van der Waals surface area contributed by atoms with Crippen LogP contribution in [0.1, 0.15) is 30.7 Å². The number of benzene rings is 2. The number of anilines is 1. The van der Waals surface area contributed by atoms with Gasteiger partial charge in [0, 0.05) is 29.7 Å². The number of nitrogens with one attached hydrogen (secondary N) is 1. The van der Waals surface area contributed by atoms with E-state index in [0.717, 1.165) is 24.8 Å². The van der Waals surface area contributed by atoms with E-state index in [2.05, 4.69) is 5.32 Å². The summed E-state index contributed by atoms with van der Waals surface area (Å²) in [5, 5.41) is 3.65. The molecule has 0 radical (unpaired) electrons. The summed E-state index contributed by atoms with van der Waals surface area (Å²) in [6.45, 7) is 0.994. The number of nitrogens with zero attached hydrogens (tertiary/aromatic N) is 1. The average molecular weight is 439 g/mol. The van der Waals surface area contributed by atoms with Crippen molar-refractivity contribution >= 4 is 44.8 Å². The Balaban J connectivity index is 1.50. The molecule has 148 valence electrons. The number of rotatable bonds is 5. The maximum atomic E-state index is 12.8. The van der Waals surface area contributed by atoms with Gasteiger partial charge in [0.05, 0.1) is 5.02 Å². The summed E-state index contributed by atoms with van der Waals surface area (Å²) in [5.41, 5.74) is 1.40. The van der Waals surface area contributed by atoms with Crippen LogP contribution >= 0.6 is 23.2 Å². The first-order valence-electron chi connectivity index (χ1n) is 9.23. The molecule has 1 aliphatic carbocycles. The van der Waals surface area contributed by atoms with Crippen molar-refractivity contribution in [3.05, 3.63) is 58.1 Å². The lowest BCUT2D eigenvalue weighted by Gasteiger charge is -2.17. The zero-order valence-electron chi connectivity index (χ0n) is 15.1.